The summed E-state index contributed by atoms with van der Waals surface area (Å²) in [5.41, 5.74) is 1.48. The van der Waals surface area contributed by atoms with E-state index >= 15 is 0 Å². The molecule has 0 saturated carbocycles. The minimum absolute atomic E-state index is 0.148. The van der Waals surface area contributed by atoms with Crippen molar-refractivity contribution in [3.63, 3.8) is 0 Å². The van der Waals surface area contributed by atoms with Crippen molar-refractivity contribution in [1.82, 2.24) is 14.6 Å². The van der Waals surface area contributed by atoms with Crippen LogP contribution in [0.15, 0.2) is 57.8 Å². The molecule has 0 aliphatic rings. The number of hydrogen-bond donors (Lipinski definition) is 0. The second kappa shape index (κ2) is 6.12. The Morgan fingerprint density at radius 3 is 2.62 bits per heavy atom. The number of fused-ring (bicyclic) bond motifs is 1. The Morgan fingerprint density at radius 1 is 1.08 bits per heavy atom. The third-order valence-corrected chi connectivity index (χ3v) is 5.57. The maximum absolute atomic E-state index is 12.8. The van der Waals surface area contributed by atoms with E-state index in [0.717, 1.165) is 10.0 Å². The number of halogens is 2. The van der Waals surface area contributed by atoms with Crippen molar-refractivity contribution in [2.75, 3.05) is 0 Å². The van der Waals surface area contributed by atoms with Gasteiger partial charge in [-0.3, -0.25) is 4.79 Å². The molecule has 0 aliphatic heterocycles. The second-order valence-electron chi connectivity index (χ2n) is 5.06. The Bertz CT molecular complexity index is 1170. The van der Waals surface area contributed by atoms with Gasteiger partial charge in [0.2, 0.25) is 4.96 Å². The standard InChI is InChI=1S/C17H9BrClN3OS/c18-12-7-3-1-5-10(12)9-14-16(23)22-15(20-21-17(22)24-14)11-6-2-4-8-13(11)19/h1-9H/b14-9+. The van der Waals surface area contributed by atoms with Gasteiger partial charge in [-0.1, -0.05) is 69.2 Å². The molecular weight excluding hydrogens is 410 g/mol. The summed E-state index contributed by atoms with van der Waals surface area (Å²) in [5.74, 6) is 0.462. The maximum atomic E-state index is 12.8. The van der Waals surface area contributed by atoms with Gasteiger partial charge in [0.1, 0.15) is 0 Å². The van der Waals surface area contributed by atoms with Crippen LogP contribution in [0.5, 0.6) is 0 Å². The molecule has 7 heteroatoms. The second-order valence-corrected chi connectivity index (χ2v) is 7.33. The maximum Gasteiger partial charge on any atom is 0.276 e. The van der Waals surface area contributed by atoms with Crippen LogP contribution in [0.4, 0.5) is 0 Å². The van der Waals surface area contributed by atoms with Crippen molar-refractivity contribution >= 4 is 49.9 Å². The number of rotatable bonds is 2. The van der Waals surface area contributed by atoms with Gasteiger partial charge in [0, 0.05) is 10.0 Å². The van der Waals surface area contributed by atoms with Crippen LogP contribution in [-0.2, 0) is 0 Å². The molecule has 0 unspecified atom stereocenters. The third kappa shape index (κ3) is 2.56. The predicted molar refractivity (Wildman–Crippen MR) is 101 cm³/mol. The molecule has 2 heterocycles. The third-order valence-electron chi connectivity index (χ3n) is 3.56. The lowest BCUT2D eigenvalue weighted by Gasteiger charge is -1.99. The topological polar surface area (TPSA) is 47.3 Å². The Hall–Kier alpha value is -2.02. The number of benzene rings is 2. The van der Waals surface area contributed by atoms with Crippen LogP contribution in [0.1, 0.15) is 5.56 Å². The Labute approximate surface area is 154 Å². The fraction of sp³-hybridized carbons (Fsp3) is 0. The van der Waals surface area contributed by atoms with Gasteiger partial charge in [0.05, 0.1) is 9.55 Å². The summed E-state index contributed by atoms with van der Waals surface area (Å²) in [6.45, 7) is 0. The summed E-state index contributed by atoms with van der Waals surface area (Å²) >= 11 is 11.0. The summed E-state index contributed by atoms with van der Waals surface area (Å²) in [6, 6.07) is 15.0. The summed E-state index contributed by atoms with van der Waals surface area (Å²) in [5, 5.41) is 8.79. The minimum atomic E-state index is -0.148. The molecule has 0 amide bonds. The van der Waals surface area contributed by atoms with Gasteiger partial charge >= 0.3 is 0 Å². The van der Waals surface area contributed by atoms with Crippen LogP contribution >= 0.6 is 38.9 Å². The molecule has 0 spiro atoms. The van der Waals surface area contributed by atoms with Crippen molar-refractivity contribution in [2.45, 2.75) is 0 Å². The monoisotopic (exact) mass is 417 g/mol. The van der Waals surface area contributed by atoms with E-state index < -0.39 is 0 Å². The largest absolute Gasteiger partial charge is 0.276 e. The van der Waals surface area contributed by atoms with Gasteiger partial charge < -0.3 is 0 Å². The van der Waals surface area contributed by atoms with Crippen molar-refractivity contribution in [3.8, 4) is 11.4 Å². The number of thiazole rings is 1. The molecule has 0 N–H and O–H groups in total. The number of nitrogens with zero attached hydrogens (tertiary/aromatic N) is 3. The highest BCUT2D eigenvalue weighted by Gasteiger charge is 2.16. The number of hydrogen-bond acceptors (Lipinski definition) is 4. The lowest BCUT2D eigenvalue weighted by atomic mass is 10.2. The molecule has 0 saturated heterocycles. The molecule has 2 aromatic heterocycles. The van der Waals surface area contributed by atoms with Gasteiger partial charge in [0.15, 0.2) is 5.82 Å². The predicted octanol–water partition coefficient (Wildman–Crippen LogP) is 3.78. The summed E-state index contributed by atoms with van der Waals surface area (Å²) in [4.78, 5) is 13.4. The fourth-order valence-electron chi connectivity index (χ4n) is 2.41. The lowest BCUT2D eigenvalue weighted by Crippen LogP contribution is -2.23. The molecule has 4 rings (SSSR count). The van der Waals surface area contributed by atoms with Crippen LogP contribution < -0.4 is 10.1 Å². The fourth-order valence-corrected chi connectivity index (χ4v) is 3.94. The van der Waals surface area contributed by atoms with Crippen LogP contribution in [0.25, 0.3) is 22.4 Å². The van der Waals surface area contributed by atoms with E-state index in [1.54, 1.807) is 6.07 Å². The van der Waals surface area contributed by atoms with Gasteiger partial charge in [-0.2, -0.15) is 0 Å². The van der Waals surface area contributed by atoms with Crippen molar-refractivity contribution in [2.24, 2.45) is 0 Å². The van der Waals surface area contributed by atoms with E-state index in [9.17, 15) is 4.79 Å². The summed E-state index contributed by atoms with van der Waals surface area (Å²) in [6.07, 6.45) is 1.85. The molecule has 4 aromatic rings. The number of aromatic nitrogens is 3. The highest BCUT2D eigenvalue weighted by atomic mass is 79.9. The highest BCUT2D eigenvalue weighted by Crippen LogP contribution is 2.26. The smallest absolute Gasteiger partial charge is 0.267 e. The molecule has 118 valence electrons. The van der Waals surface area contributed by atoms with Crippen LogP contribution in [-0.4, -0.2) is 14.6 Å². The van der Waals surface area contributed by atoms with E-state index in [0.29, 0.717) is 25.9 Å². The van der Waals surface area contributed by atoms with Gasteiger partial charge in [-0.25, -0.2) is 4.40 Å². The first-order valence-electron chi connectivity index (χ1n) is 7.04. The van der Waals surface area contributed by atoms with E-state index in [1.807, 2.05) is 48.5 Å². The van der Waals surface area contributed by atoms with Crippen molar-refractivity contribution in [1.29, 1.82) is 0 Å². The van der Waals surface area contributed by atoms with Crippen LogP contribution in [0, 0.1) is 0 Å². The molecule has 0 radical (unpaired) electrons. The molecule has 0 aliphatic carbocycles. The first kappa shape index (κ1) is 15.5. The Balaban J connectivity index is 1.97. The lowest BCUT2D eigenvalue weighted by molar-refractivity contribution is 1.09. The molecule has 0 bridgehead atoms. The Kier molecular flexibility index (Phi) is 3.96. The molecule has 0 atom stereocenters. The molecule has 2 aromatic carbocycles. The highest BCUT2D eigenvalue weighted by molar-refractivity contribution is 9.10. The normalized spacial score (nSPS) is 12.2. The van der Waals surface area contributed by atoms with Gasteiger partial charge in [-0.15, -0.1) is 10.2 Å². The van der Waals surface area contributed by atoms with E-state index in [1.165, 1.54) is 15.7 Å². The zero-order valence-electron chi connectivity index (χ0n) is 12.1. The van der Waals surface area contributed by atoms with E-state index in [-0.39, 0.29) is 5.56 Å². The molecule has 4 nitrogen and oxygen atoms in total. The van der Waals surface area contributed by atoms with Crippen LogP contribution in [0.2, 0.25) is 5.02 Å². The summed E-state index contributed by atoms with van der Waals surface area (Å²) < 4.78 is 3.04. The van der Waals surface area contributed by atoms with E-state index in [4.69, 9.17) is 11.6 Å². The zero-order valence-corrected chi connectivity index (χ0v) is 15.3. The van der Waals surface area contributed by atoms with Crippen LogP contribution in [0.3, 0.4) is 0 Å². The molecule has 24 heavy (non-hydrogen) atoms. The first-order valence-corrected chi connectivity index (χ1v) is 9.03. The van der Waals surface area contributed by atoms with E-state index in [2.05, 4.69) is 26.1 Å². The SMILES string of the molecule is O=c1/c(=C\c2ccccc2Br)sc2nnc(-c3ccccc3Cl)n12. The summed E-state index contributed by atoms with van der Waals surface area (Å²) in [7, 11) is 0. The first-order chi connectivity index (χ1) is 11.6. The average molecular weight is 419 g/mol. The molecular formula is C17H9BrClN3OS. The quantitative estimate of drug-likeness (QED) is 0.498. The van der Waals surface area contributed by atoms with Crippen molar-refractivity contribution < 1.29 is 0 Å². The zero-order chi connectivity index (χ0) is 16.7. The average Bonchev–Trinajstić information content (AvgIpc) is 3.11. The molecule has 0 fully saturated rings. The van der Waals surface area contributed by atoms with Crippen molar-refractivity contribution in [3.05, 3.63) is 78.5 Å². The van der Waals surface area contributed by atoms with Gasteiger partial charge in [-0.05, 0) is 29.8 Å². The minimum Gasteiger partial charge on any atom is -0.267 e. The van der Waals surface area contributed by atoms with Gasteiger partial charge in [0.25, 0.3) is 5.56 Å². The Morgan fingerprint density at radius 2 is 1.83 bits per heavy atom.